The molecule has 3 aromatic rings. The van der Waals surface area contributed by atoms with Gasteiger partial charge in [0.25, 0.3) is 0 Å². The summed E-state index contributed by atoms with van der Waals surface area (Å²) in [6.07, 6.45) is 0. The molecule has 1 aliphatic rings. The Kier molecular flexibility index (Phi) is 4.13. The maximum atomic E-state index is 13.3. The summed E-state index contributed by atoms with van der Waals surface area (Å²) in [5.41, 5.74) is 3.75. The lowest BCUT2D eigenvalue weighted by Crippen LogP contribution is -2.22. The molecule has 4 rings (SSSR count). The van der Waals surface area contributed by atoms with Gasteiger partial charge in [0.2, 0.25) is 5.91 Å². The van der Waals surface area contributed by atoms with Gasteiger partial charge in [0.15, 0.2) is 0 Å². The highest BCUT2D eigenvalue weighted by molar-refractivity contribution is 8.01. The van der Waals surface area contributed by atoms with Crippen LogP contribution in [0.2, 0.25) is 0 Å². The van der Waals surface area contributed by atoms with Crippen molar-refractivity contribution in [2.45, 2.75) is 24.3 Å². The summed E-state index contributed by atoms with van der Waals surface area (Å²) in [6.45, 7) is 3.86. The van der Waals surface area contributed by atoms with E-state index >= 15 is 0 Å². The number of rotatable bonds is 2. The number of thioether (sulfide) groups is 1. The highest BCUT2D eigenvalue weighted by Crippen LogP contribution is 2.46. The van der Waals surface area contributed by atoms with Crippen LogP contribution < -0.4 is 5.32 Å². The minimum absolute atomic E-state index is 0.0319. The van der Waals surface area contributed by atoms with Crippen molar-refractivity contribution in [3.05, 3.63) is 63.7 Å². The first-order chi connectivity index (χ1) is 12.0. The molecule has 0 aliphatic carbocycles. The Labute approximate surface area is 153 Å². The Morgan fingerprint density at radius 2 is 2.00 bits per heavy atom. The minimum atomic E-state index is -0.303. The number of aryl methyl sites for hydroxylation is 1. The third kappa shape index (κ3) is 2.87. The number of anilines is 1. The van der Waals surface area contributed by atoms with Crippen LogP contribution in [0.15, 0.2) is 41.1 Å². The molecule has 1 N–H and O–H groups in total. The normalized spacial score (nSPS) is 20.0. The molecular formula is C18H16FN3OS2. The van der Waals surface area contributed by atoms with Gasteiger partial charge in [0.1, 0.15) is 11.6 Å². The third-order valence-electron chi connectivity index (χ3n) is 4.24. The van der Waals surface area contributed by atoms with Crippen molar-refractivity contribution < 1.29 is 9.18 Å². The van der Waals surface area contributed by atoms with Crippen molar-refractivity contribution in [1.29, 1.82) is 0 Å². The van der Waals surface area contributed by atoms with Crippen molar-refractivity contribution in [3.63, 3.8) is 0 Å². The summed E-state index contributed by atoms with van der Waals surface area (Å²) in [5, 5.41) is 11.6. The summed E-state index contributed by atoms with van der Waals surface area (Å²) in [7, 11) is 0. The molecule has 128 valence electrons. The molecule has 2 aromatic heterocycles. The van der Waals surface area contributed by atoms with Crippen LogP contribution in [0.3, 0.4) is 0 Å². The topological polar surface area (TPSA) is 46.9 Å². The zero-order valence-electron chi connectivity index (χ0n) is 13.7. The Balaban J connectivity index is 1.90. The van der Waals surface area contributed by atoms with Crippen LogP contribution in [-0.2, 0) is 4.79 Å². The SMILES string of the molecule is Cc1nn(-c2ccc(F)cc2)c2c1[C@@H](c1ccsc1)S[C@H](C)C(=O)N2. The van der Waals surface area contributed by atoms with Crippen molar-refractivity contribution in [2.75, 3.05) is 5.32 Å². The van der Waals surface area contributed by atoms with Crippen LogP contribution in [0.25, 0.3) is 5.69 Å². The molecule has 1 aliphatic heterocycles. The van der Waals surface area contributed by atoms with E-state index in [0.717, 1.165) is 16.9 Å². The number of thiophene rings is 1. The van der Waals surface area contributed by atoms with Crippen molar-refractivity contribution in [3.8, 4) is 5.69 Å². The molecule has 0 fully saturated rings. The molecule has 2 atom stereocenters. The van der Waals surface area contributed by atoms with Crippen molar-refractivity contribution >= 4 is 34.8 Å². The maximum absolute atomic E-state index is 13.3. The number of nitrogens with zero attached hydrogens (tertiary/aromatic N) is 2. The second kappa shape index (κ2) is 6.31. The highest BCUT2D eigenvalue weighted by Gasteiger charge is 2.34. The maximum Gasteiger partial charge on any atom is 0.238 e. The van der Waals surface area contributed by atoms with Crippen molar-refractivity contribution in [2.24, 2.45) is 0 Å². The zero-order valence-corrected chi connectivity index (χ0v) is 15.3. The molecule has 0 bridgehead atoms. The van der Waals surface area contributed by atoms with Gasteiger partial charge >= 0.3 is 0 Å². The Morgan fingerprint density at radius 3 is 2.68 bits per heavy atom. The number of carbonyl (C=O) groups excluding carboxylic acids is 1. The van der Waals surface area contributed by atoms with E-state index in [4.69, 9.17) is 0 Å². The minimum Gasteiger partial charge on any atom is -0.309 e. The van der Waals surface area contributed by atoms with Crippen molar-refractivity contribution in [1.82, 2.24) is 9.78 Å². The van der Waals surface area contributed by atoms with Crippen LogP contribution in [0.5, 0.6) is 0 Å². The van der Waals surface area contributed by atoms with Gasteiger partial charge in [-0.25, -0.2) is 9.07 Å². The number of nitrogens with one attached hydrogen (secondary N) is 1. The van der Waals surface area contributed by atoms with Crippen LogP contribution >= 0.6 is 23.1 Å². The molecule has 0 saturated carbocycles. The summed E-state index contributed by atoms with van der Waals surface area (Å²) in [5.74, 6) is 0.317. The molecule has 25 heavy (non-hydrogen) atoms. The van der Waals surface area contributed by atoms with Crippen LogP contribution in [-0.4, -0.2) is 20.9 Å². The molecule has 0 saturated heterocycles. The fourth-order valence-electron chi connectivity index (χ4n) is 2.96. The molecule has 0 unspecified atom stereocenters. The highest BCUT2D eigenvalue weighted by atomic mass is 32.2. The van der Waals surface area contributed by atoms with E-state index in [0.29, 0.717) is 5.82 Å². The Bertz CT molecular complexity index is 919. The summed E-state index contributed by atoms with van der Waals surface area (Å²) >= 11 is 3.26. The van der Waals surface area contributed by atoms with Gasteiger partial charge in [-0.15, -0.1) is 11.8 Å². The molecule has 0 spiro atoms. The quantitative estimate of drug-likeness (QED) is 0.717. The number of halogens is 1. The number of hydrogen-bond donors (Lipinski definition) is 1. The molecule has 4 nitrogen and oxygen atoms in total. The first kappa shape index (κ1) is 16.4. The standard InChI is InChI=1S/C18H16FN3OS2/c1-10-15-16(12-7-8-24-9-12)25-11(2)18(23)20-17(15)22(21-10)14-5-3-13(19)4-6-14/h3-9,11,16H,1-2H3,(H,20,23)/t11-,16-/m1/s1. The summed E-state index contributed by atoms with van der Waals surface area (Å²) < 4.78 is 15.0. The number of amides is 1. The second-order valence-electron chi connectivity index (χ2n) is 5.94. The molecular weight excluding hydrogens is 357 g/mol. The monoisotopic (exact) mass is 373 g/mol. The second-order valence-corrected chi connectivity index (χ2v) is 8.17. The average Bonchev–Trinajstić information content (AvgIpc) is 3.19. The van der Waals surface area contributed by atoms with E-state index in [1.165, 1.54) is 17.7 Å². The van der Waals surface area contributed by atoms with Gasteiger partial charge in [-0.05, 0) is 60.5 Å². The van der Waals surface area contributed by atoms with E-state index in [9.17, 15) is 9.18 Å². The fraction of sp³-hybridized carbons (Fsp3) is 0.222. The van der Waals surface area contributed by atoms with Gasteiger partial charge in [0.05, 0.1) is 21.9 Å². The first-order valence-corrected chi connectivity index (χ1v) is 9.77. The number of carbonyl (C=O) groups is 1. The van der Waals surface area contributed by atoms with E-state index in [1.807, 2.05) is 19.2 Å². The Hall–Kier alpha value is -2.12. The van der Waals surface area contributed by atoms with Gasteiger partial charge in [-0.2, -0.15) is 16.4 Å². The number of fused-ring (bicyclic) bond motifs is 1. The molecule has 1 aromatic carbocycles. The van der Waals surface area contributed by atoms with E-state index in [-0.39, 0.29) is 22.2 Å². The average molecular weight is 373 g/mol. The smallest absolute Gasteiger partial charge is 0.238 e. The van der Waals surface area contributed by atoms with E-state index in [1.54, 1.807) is 39.9 Å². The van der Waals surface area contributed by atoms with Gasteiger partial charge in [0, 0.05) is 5.56 Å². The number of aromatic nitrogens is 2. The molecule has 1 amide bonds. The summed E-state index contributed by atoms with van der Waals surface area (Å²) in [6, 6.07) is 8.20. The first-order valence-electron chi connectivity index (χ1n) is 7.88. The lowest BCUT2D eigenvalue weighted by molar-refractivity contribution is -0.115. The van der Waals surface area contributed by atoms with Crippen LogP contribution in [0.4, 0.5) is 10.2 Å². The fourth-order valence-corrected chi connectivity index (χ4v) is 5.05. The third-order valence-corrected chi connectivity index (χ3v) is 6.34. The van der Waals surface area contributed by atoms with E-state index in [2.05, 4.69) is 21.9 Å². The zero-order chi connectivity index (χ0) is 17.6. The largest absolute Gasteiger partial charge is 0.309 e. The predicted octanol–water partition coefficient (Wildman–Crippen LogP) is 4.54. The molecule has 3 heterocycles. The molecule has 7 heteroatoms. The van der Waals surface area contributed by atoms with E-state index < -0.39 is 0 Å². The van der Waals surface area contributed by atoms with Crippen LogP contribution in [0.1, 0.15) is 29.0 Å². The summed E-state index contributed by atoms with van der Waals surface area (Å²) in [4.78, 5) is 12.5. The number of benzene rings is 1. The lowest BCUT2D eigenvalue weighted by Gasteiger charge is -2.15. The van der Waals surface area contributed by atoms with Gasteiger partial charge in [-0.3, -0.25) is 4.79 Å². The van der Waals surface area contributed by atoms with Crippen LogP contribution in [0, 0.1) is 12.7 Å². The lowest BCUT2D eigenvalue weighted by atomic mass is 10.1. The molecule has 0 radical (unpaired) electrons. The predicted molar refractivity (Wildman–Crippen MR) is 100 cm³/mol. The number of hydrogen-bond acceptors (Lipinski definition) is 4. The van der Waals surface area contributed by atoms with Gasteiger partial charge < -0.3 is 5.32 Å². The van der Waals surface area contributed by atoms with Gasteiger partial charge in [-0.1, -0.05) is 0 Å². The Morgan fingerprint density at radius 1 is 1.24 bits per heavy atom.